The minimum absolute atomic E-state index is 0.508. The van der Waals surface area contributed by atoms with Gasteiger partial charge in [-0.25, -0.2) is 0 Å². The molecule has 0 aliphatic carbocycles. The summed E-state index contributed by atoms with van der Waals surface area (Å²) < 4.78 is 5.72. The van der Waals surface area contributed by atoms with Crippen LogP contribution in [-0.2, 0) is 13.2 Å². The molecule has 2 rings (SSSR count). The largest absolute Gasteiger partial charge is 0.488 e. The zero-order chi connectivity index (χ0) is 13.7. The minimum Gasteiger partial charge on any atom is -0.488 e. The Bertz CT molecular complexity index is 524. The van der Waals surface area contributed by atoms with Crippen molar-refractivity contribution in [2.24, 2.45) is 0 Å². The Kier molecular flexibility index (Phi) is 5.25. The topological polar surface area (TPSA) is 21.3 Å². The Hall–Kier alpha value is -1.03. The van der Waals surface area contributed by atoms with Crippen LogP contribution in [0.3, 0.4) is 0 Å². The van der Waals surface area contributed by atoms with Crippen molar-refractivity contribution >= 4 is 22.9 Å². The van der Waals surface area contributed by atoms with Crippen molar-refractivity contribution in [1.29, 1.82) is 0 Å². The molecule has 0 aliphatic heterocycles. The number of halogens is 1. The van der Waals surface area contributed by atoms with Crippen LogP contribution in [0.4, 0.5) is 0 Å². The Morgan fingerprint density at radius 2 is 2.00 bits per heavy atom. The first kappa shape index (κ1) is 14.4. The predicted molar refractivity (Wildman–Crippen MR) is 82.1 cm³/mol. The molecule has 102 valence electrons. The molecule has 1 N–H and O–H groups in total. The molecule has 2 aromatic rings. The molecule has 4 heteroatoms. The molecule has 0 saturated carbocycles. The minimum atomic E-state index is 0.508. The number of hydrogen-bond donors (Lipinski definition) is 1. The number of benzene rings is 1. The number of thiophene rings is 1. The van der Waals surface area contributed by atoms with Gasteiger partial charge >= 0.3 is 0 Å². The van der Waals surface area contributed by atoms with Gasteiger partial charge in [0.2, 0.25) is 0 Å². The van der Waals surface area contributed by atoms with Crippen molar-refractivity contribution in [3.63, 3.8) is 0 Å². The van der Waals surface area contributed by atoms with Gasteiger partial charge < -0.3 is 10.1 Å². The molecule has 0 radical (unpaired) electrons. The normalized spacial score (nSPS) is 10.9. The Morgan fingerprint density at radius 1 is 1.21 bits per heavy atom. The van der Waals surface area contributed by atoms with Crippen LogP contribution in [0, 0.1) is 0 Å². The summed E-state index contributed by atoms with van der Waals surface area (Å²) in [5, 5.41) is 4.11. The van der Waals surface area contributed by atoms with Gasteiger partial charge in [0, 0.05) is 27.4 Å². The average molecular weight is 296 g/mol. The van der Waals surface area contributed by atoms with Crippen molar-refractivity contribution in [1.82, 2.24) is 5.32 Å². The summed E-state index contributed by atoms with van der Waals surface area (Å²) in [6, 6.07) is 12.3. The van der Waals surface area contributed by atoms with Crippen LogP contribution in [0.2, 0.25) is 5.02 Å². The van der Waals surface area contributed by atoms with Gasteiger partial charge in [-0.1, -0.05) is 31.5 Å². The second kappa shape index (κ2) is 6.94. The van der Waals surface area contributed by atoms with Gasteiger partial charge in [0.25, 0.3) is 0 Å². The third-order valence-corrected chi connectivity index (χ3v) is 3.87. The second-order valence-corrected chi connectivity index (χ2v) is 6.34. The van der Waals surface area contributed by atoms with Crippen LogP contribution >= 0.6 is 22.9 Å². The fourth-order valence-electron chi connectivity index (χ4n) is 1.61. The first-order valence-corrected chi connectivity index (χ1v) is 7.52. The smallest absolute Gasteiger partial charge is 0.122 e. The van der Waals surface area contributed by atoms with E-state index in [2.05, 4.69) is 31.3 Å². The van der Waals surface area contributed by atoms with E-state index in [1.54, 1.807) is 11.3 Å². The number of hydrogen-bond acceptors (Lipinski definition) is 3. The summed E-state index contributed by atoms with van der Waals surface area (Å²) in [7, 11) is 0. The van der Waals surface area contributed by atoms with Gasteiger partial charge in [0.15, 0.2) is 0 Å². The molecule has 0 fully saturated rings. The van der Waals surface area contributed by atoms with Crippen molar-refractivity contribution in [2.75, 3.05) is 0 Å². The molecule has 19 heavy (non-hydrogen) atoms. The van der Waals surface area contributed by atoms with E-state index in [0.29, 0.717) is 17.7 Å². The van der Waals surface area contributed by atoms with Gasteiger partial charge in [-0.15, -0.1) is 11.3 Å². The molecule has 0 spiro atoms. The highest BCUT2D eigenvalue weighted by Crippen LogP contribution is 2.21. The van der Waals surface area contributed by atoms with Gasteiger partial charge in [0.1, 0.15) is 12.4 Å². The third kappa shape index (κ3) is 4.86. The van der Waals surface area contributed by atoms with Crippen LogP contribution in [0.1, 0.15) is 23.6 Å². The highest BCUT2D eigenvalue weighted by molar-refractivity contribution is 7.11. The van der Waals surface area contributed by atoms with Crippen LogP contribution in [0.5, 0.6) is 5.75 Å². The van der Waals surface area contributed by atoms with Gasteiger partial charge in [-0.05, 0) is 30.3 Å². The Balaban J connectivity index is 1.86. The summed E-state index contributed by atoms with van der Waals surface area (Å²) in [5.74, 6) is 0.808. The maximum Gasteiger partial charge on any atom is 0.122 e. The van der Waals surface area contributed by atoms with Gasteiger partial charge in [-0.2, -0.15) is 0 Å². The summed E-state index contributed by atoms with van der Waals surface area (Å²) in [5.41, 5.74) is 0. The van der Waals surface area contributed by atoms with Crippen LogP contribution < -0.4 is 10.1 Å². The molecular weight excluding hydrogens is 278 g/mol. The molecule has 0 atom stereocenters. The first-order chi connectivity index (χ1) is 9.13. The summed E-state index contributed by atoms with van der Waals surface area (Å²) in [6.45, 7) is 5.81. The van der Waals surface area contributed by atoms with E-state index in [0.717, 1.165) is 12.3 Å². The maximum atomic E-state index is 5.92. The number of nitrogens with one attached hydrogen (secondary N) is 1. The maximum absolute atomic E-state index is 5.92. The zero-order valence-electron chi connectivity index (χ0n) is 11.2. The Morgan fingerprint density at radius 3 is 2.74 bits per heavy atom. The molecule has 1 aromatic carbocycles. The third-order valence-electron chi connectivity index (χ3n) is 2.58. The molecule has 0 aliphatic rings. The predicted octanol–water partition coefficient (Wildman–Crippen LogP) is 4.48. The summed E-state index contributed by atoms with van der Waals surface area (Å²) in [4.78, 5) is 2.55. The summed E-state index contributed by atoms with van der Waals surface area (Å²) >= 11 is 7.69. The van der Waals surface area contributed by atoms with E-state index >= 15 is 0 Å². The summed E-state index contributed by atoms with van der Waals surface area (Å²) in [6.07, 6.45) is 0. The van der Waals surface area contributed by atoms with E-state index < -0.39 is 0 Å². The lowest BCUT2D eigenvalue weighted by molar-refractivity contribution is 0.310. The lowest BCUT2D eigenvalue weighted by atomic mass is 10.3. The zero-order valence-corrected chi connectivity index (χ0v) is 12.7. The SMILES string of the molecule is CC(C)NCc1ccc(COc2cccc(Cl)c2)s1. The number of ether oxygens (including phenoxy) is 1. The van der Waals surface area contributed by atoms with E-state index in [-0.39, 0.29) is 0 Å². The van der Waals surface area contributed by atoms with Crippen molar-refractivity contribution in [2.45, 2.75) is 33.0 Å². The van der Waals surface area contributed by atoms with Crippen molar-refractivity contribution < 1.29 is 4.74 Å². The highest BCUT2D eigenvalue weighted by Gasteiger charge is 2.02. The molecule has 0 amide bonds. The lowest BCUT2D eigenvalue weighted by Crippen LogP contribution is -2.21. The lowest BCUT2D eigenvalue weighted by Gasteiger charge is -2.06. The molecule has 0 saturated heterocycles. The quantitative estimate of drug-likeness (QED) is 0.848. The molecule has 0 unspecified atom stereocenters. The molecule has 1 heterocycles. The van der Waals surface area contributed by atoms with Crippen molar-refractivity contribution in [3.8, 4) is 5.75 Å². The van der Waals surface area contributed by atoms with E-state index in [9.17, 15) is 0 Å². The van der Waals surface area contributed by atoms with Gasteiger partial charge in [-0.3, -0.25) is 0 Å². The van der Waals surface area contributed by atoms with Crippen LogP contribution in [-0.4, -0.2) is 6.04 Å². The molecule has 0 bridgehead atoms. The number of rotatable bonds is 6. The second-order valence-electron chi connectivity index (χ2n) is 4.65. The first-order valence-electron chi connectivity index (χ1n) is 6.33. The van der Waals surface area contributed by atoms with Crippen LogP contribution in [0.25, 0.3) is 0 Å². The van der Waals surface area contributed by atoms with E-state index in [4.69, 9.17) is 16.3 Å². The Labute approximate surface area is 123 Å². The monoisotopic (exact) mass is 295 g/mol. The van der Waals surface area contributed by atoms with Crippen molar-refractivity contribution in [3.05, 3.63) is 51.2 Å². The molecular formula is C15H18ClNOS. The fourth-order valence-corrected chi connectivity index (χ4v) is 2.67. The fraction of sp³-hybridized carbons (Fsp3) is 0.333. The molecule has 1 aromatic heterocycles. The highest BCUT2D eigenvalue weighted by atomic mass is 35.5. The average Bonchev–Trinajstić information content (AvgIpc) is 2.82. The molecule has 2 nitrogen and oxygen atoms in total. The van der Waals surface area contributed by atoms with Crippen LogP contribution in [0.15, 0.2) is 36.4 Å². The van der Waals surface area contributed by atoms with E-state index in [1.807, 2.05) is 24.3 Å². The standard InChI is InChI=1S/C15H18ClNOS/c1-11(2)17-9-14-6-7-15(19-14)10-18-13-5-3-4-12(16)8-13/h3-8,11,17H,9-10H2,1-2H3. The van der Waals surface area contributed by atoms with Gasteiger partial charge in [0.05, 0.1) is 0 Å². The van der Waals surface area contributed by atoms with E-state index in [1.165, 1.54) is 9.75 Å².